The highest BCUT2D eigenvalue weighted by Gasteiger charge is 2.35. The van der Waals surface area contributed by atoms with Gasteiger partial charge in [0.1, 0.15) is 0 Å². The Hall–Kier alpha value is -0.860. The van der Waals surface area contributed by atoms with Crippen LogP contribution in [-0.2, 0) is 0 Å². The average molecular weight is 272 g/mol. The van der Waals surface area contributed by atoms with Crippen molar-refractivity contribution in [2.75, 3.05) is 19.6 Å². The number of likely N-dealkylation sites (tertiary alicyclic amines) is 1. The van der Waals surface area contributed by atoms with Crippen molar-refractivity contribution in [1.82, 2.24) is 10.2 Å². The molecule has 0 amide bonds. The summed E-state index contributed by atoms with van der Waals surface area (Å²) >= 11 is 0. The van der Waals surface area contributed by atoms with Crippen LogP contribution in [-0.4, -0.2) is 36.6 Å². The summed E-state index contributed by atoms with van der Waals surface area (Å²) in [7, 11) is 0. The van der Waals surface area contributed by atoms with E-state index in [4.69, 9.17) is 0 Å². The van der Waals surface area contributed by atoms with E-state index in [2.05, 4.69) is 47.5 Å². The van der Waals surface area contributed by atoms with Crippen molar-refractivity contribution in [3.8, 4) is 0 Å². The van der Waals surface area contributed by atoms with Gasteiger partial charge in [-0.1, -0.05) is 43.7 Å². The first-order valence-electron chi connectivity index (χ1n) is 8.41. The Kier molecular flexibility index (Phi) is 4.74. The fraction of sp³-hybridized carbons (Fsp3) is 0.667. The first-order chi connectivity index (χ1) is 9.88. The molecule has 1 saturated carbocycles. The highest BCUT2D eigenvalue weighted by atomic mass is 15.2. The van der Waals surface area contributed by atoms with Gasteiger partial charge in [0.25, 0.3) is 0 Å². The lowest BCUT2D eigenvalue weighted by atomic mass is 9.99. The van der Waals surface area contributed by atoms with Crippen LogP contribution in [0.25, 0.3) is 0 Å². The minimum atomic E-state index is 0.740. The average Bonchev–Trinajstić information content (AvgIpc) is 3.14. The number of hydrogen-bond acceptors (Lipinski definition) is 2. The molecule has 0 spiro atoms. The van der Waals surface area contributed by atoms with E-state index in [0.717, 1.165) is 18.0 Å². The zero-order valence-electron chi connectivity index (χ0n) is 12.7. The lowest BCUT2D eigenvalue weighted by Gasteiger charge is -2.30. The van der Waals surface area contributed by atoms with Crippen LogP contribution in [0.15, 0.2) is 30.3 Å². The van der Waals surface area contributed by atoms with Crippen LogP contribution in [0.5, 0.6) is 0 Å². The van der Waals surface area contributed by atoms with Crippen LogP contribution in [0.4, 0.5) is 0 Å². The molecule has 3 unspecified atom stereocenters. The van der Waals surface area contributed by atoms with Crippen molar-refractivity contribution in [1.29, 1.82) is 0 Å². The topological polar surface area (TPSA) is 15.3 Å². The van der Waals surface area contributed by atoms with E-state index in [1.165, 1.54) is 57.3 Å². The smallest absolute Gasteiger partial charge is 0.0249 e. The van der Waals surface area contributed by atoms with Gasteiger partial charge in [0.05, 0.1) is 0 Å². The Morgan fingerprint density at radius 1 is 1.15 bits per heavy atom. The summed E-state index contributed by atoms with van der Waals surface area (Å²) in [5, 5.41) is 3.77. The zero-order valence-corrected chi connectivity index (χ0v) is 12.7. The highest BCUT2D eigenvalue weighted by Crippen LogP contribution is 2.33. The molecule has 1 aliphatic heterocycles. The molecule has 1 aromatic carbocycles. The third kappa shape index (κ3) is 3.07. The first-order valence-corrected chi connectivity index (χ1v) is 8.41. The summed E-state index contributed by atoms with van der Waals surface area (Å²) in [6.07, 6.45) is 6.75. The van der Waals surface area contributed by atoms with Crippen molar-refractivity contribution in [2.45, 2.75) is 57.0 Å². The molecule has 1 aliphatic carbocycles. The second-order valence-corrected chi connectivity index (χ2v) is 6.45. The summed E-state index contributed by atoms with van der Waals surface area (Å²) in [5.74, 6) is 0.753. The molecule has 3 atom stereocenters. The van der Waals surface area contributed by atoms with Crippen LogP contribution in [0, 0.1) is 0 Å². The van der Waals surface area contributed by atoms with E-state index in [-0.39, 0.29) is 0 Å². The predicted molar refractivity (Wildman–Crippen MR) is 85.1 cm³/mol. The molecule has 110 valence electrons. The van der Waals surface area contributed by atoms with E-state index in [0.29, 0.717) is 0 Å². The van der Waals surface area contributed by atoms with Crippen LogP contribution < -0.4 is 5.32 Å². The quantitative estimate of drug-likeness (QED) is 0.884. The van der Waals surface area contributed by atoms with Gasteiger partial charge in [0, 0.05) is 18.6 Å². The first kappa shape index (κ1) is 14.1. The number of nitrogens with zero attached hydrogens (tertiary/aromatic N) is 1. The minimum absolute atomic E-state index is 0.740. The summed E-state index contributed by atoms with van der Waals surface area (Å²) in [5.41, 5.74) is 1.53. The predicted octanol–water partition coefficient (Wildman–Crippen LogP) is 3.40. The van der Waals surface area contributed by atoms with Gasteiger partial charge in [-0.2, -0.15) is 0 Å². The maximum Gasteiger partial charge on any atom is 0.0249 e. The highest BCUT2D eigenvalue weighted by molar-refractivity contribution is 5.21. The van der Waals surface area contributed by atoms with Crippen molar-refractivity contribution < 1.29 is 0 Å². The second kappa shape index (κ2) is 6.73. The van der Waals surface area contributed by atoms with E-state index in [1.54, 1.807) is 0 Å². The third-order valence-electron chi connectivity index (χ3n) is 5.10. The molecule has 2 nitrogen and oxygen atoms in total. The van der Waals surface area contributed by atoms with Crippen molar-refractivity contribution in [3.63, 3.8) is 0 Å². The maximum atomic E-state index is 3.77. The number of benzene rings is 1. The Labute approximate surface area is 123 Å². The van der Waals surface area contributed by atoms with E-state index >= 15 is 0 Å². The van der Waals surface area contributed by atoms with Crippen molar-refractivity contribution >= 4 is 0 Å². The molecule has 1 N–H and O–H groups in total. The molecule has 20 heavy (non-hydrogen) atoms. The van der Waals surface area contributed by atoms with Gasteiger partial charge in [0.2, 0.25) is 0 Å². The monoisotopic (exact) mass is 272 g/mol. The summed E-state index contributed by atoms with van der Waals surface area (Å²) in [6, 6.07) is 12.6. The maximum absolute atomic E-state index is 3.77. The van der Waals surface area contributed by atoms with Gasteiger partial charge in [-0.05, 0) is 50.3 Å². The lowest BCUT2D eigenvalue weighted by molar-refractivity contribution is 0.209. The standard InChI is InChI=1S/C18H28N2/c1-2-12-19-17-9-6-10-18(17)20-13-11-16(14-20)15-7-4-3-5-8-15/h3-5,7-8,16-19H,2,6,9-14H2,1H3. The second-order valence-electron chi connectivity index (χ2n) is 6.45. The van der Waals surface area contributed by atoms with Crippen LogP contribution in [0.1, 0.15) is 50.5 Å². The molecule has 1 heterocycles. The zero-order chi connectivity index (χ0) is 13.8. The Morgan fingerprint density at radius 3 is 2.80 bits per heavy atom. The summed E-state index contributed by atoms with van der Waals surface area (Å²) < 4.78 is 0. The third-order valence-corrected chi connectivity index (χ3v) is 5.10. The van der Waals surface area contributed by atoms with Gasteiger partial charge in [-0.15, -0.1) is 0 Å². The largest absolute Gasteiger partial charge is 0.312 e. The molecule has 1 aromatic rings. The lowest BCUT2D eigenvalue weighted by Crippen LogP contribution is -2.46. The van der Waals surface area contributed by atoms with E-state index in [1.807, 2.05) is 0 Å². The number of nitrogens with one attached hydrogen (secondary N) is 1. The normalized spacial score (nSPS) is 30.9. The number of hydrogen-bond donors (Lipinski definition) is 1. The van der Waals surface area contributed by atoms with E-state index in [9.17, 15) is 0 Å². The minimum Gasteiger partial charge on any atom is -0.312 e. The van der Waals surface area contributed by atoms with Gasteiger partial charge in [-0.3, -0.25) is 4.90 Å². The van der Waals surface area contributed by atoms with Gasteiger partial charge in [-0.25, -0.2) is 0 Å². The Balaban J connectivity index is 1.59. The van der Waals surface area contributed by atoms with Crippen molar-refractivity contribution in [2.24, 2.45) is 0 Å². The molecular formula is C18H28N2. The number of rotatable bonds is 5. The fourth-order valence-corrected chi connectivity index (χ4v) is 4.03. The van der Waals surface area contributed by atoms with Crippen LogP contribution in [0.3, 0.4) is 0 Å². The van der Waals surface area contributed by atoms with Gasteiger partial charge < -0.3 is 5.32 Å². The van der Waals surface area contributed by atoms with E-state index < -0.39 is 0 Å². The molecule has 0 radical (unpaired) electrons. The summed E-state index contributed by atoms with van der Waals surface area (Å²) in [4.78, 5) is 2.76. The van der Waals surface area contributed by atoms with Gasteiger partial charge in [0.15, 0.2) is 0 Å². The fourth-order valence-electron chi connectivity index (χ4n) is 4.03. The molecule has 2 heteroatoms. The SMILES string of the molecule is CCCNC1CCCC1N1CCC(c2ccccc2)C1. The molecule has 2 aliphatic rings. The van der Waals surface area contributed by atoms with Gasteiger partial charge >= 0.3 is 0 Å². The summed E-state index contributed by atoms with van der Waals surface area (Å²) in [6.45, 7) is 5.99. The Bertz CT molecular complexity index is 403. The molecule has 1 saturated heterocycles. The molecule has 3 rings (SSSR count). The molecular weight excluding hydrogens is 244 g/mol. The molecule has 0 bridgehead atoms. The van der Waals surface area contributed by atoms with Crippen LogP contribution >= 0.6 is 0 Å². The Morgan fingerprint density at radius 2 is 2.00 bits per heavy atom. The molecule has 0 aromatic heterocycles. The van der Waals surface area contributed by atoms with Crippen molar-refractivity contribution in [3.05, 3.63) is 35.9 Å². The molecule has 2 fully saturated rings. The van der Waals surface area contributed by atoms with Crippen LogP contribution in [0.2, 0.25) is 0 Å².